The van der Waals surface area contributed by atoms with Gasteiger partial charge in [0.1, 0.15) is 5.65 Å². The van der Waals surface area contributed by atoms with E-state index in [4.69, 9.17) is 5.11 Å². The summed E-state index contributed by atoms with van der Waals surface area (Å²) in [6, 6.07) is 7.99. The van der Waals surface area contributed by atoms with Crippen LogP contribution in [0.1, 0.15) is 35.7 Å². The molecule has 0 radical (unpaired) electrons. The van der Waals surface area contributed by atoms with Crippen molar-refractivity contribution in [2.75, 3.05) is 0 Å². The van der Waals surface area contributed by atoms with Crippen molar-refractivity contribution in [3.63, 3.8) is 0 Å². The third-order valence-corrected chi connectivity index (χ3v) is 4.77. The molecule has 6 nitrogen and oxygen atoms in total. The predicted molar refractivity (Wildman–Crippen MR) is 101 cm³/mol. The molecule has 136 valence electrons. The average Bonchev–Trinajstić information content (AvgIpc) is 2.92. The fraction of sp³-hybridized carbons (Fsp3) is 0.350. The van der Waals surface area contributed by atoms with Crippen LogP contribution in [0.3, 0.4) is 0 Å². The summed E-state index contributed by atoms with van der Waals surface area (Å²) in [5.74, 6) is -0.904. The van der Waals surface area contributed by atoms with E-state index in [-0.39, 0.29) is 18.4 Å². The van der Waals surface area contributed by atoms with Gasteiger partial charge in [0.25, 0.3) is 5.56 Å². The summed E-state index contributed by atoms with van der Waals surface area (Å²) in [6.07, 6.45) is 0.168. The molecule has 2 heterocycles. The molecule has 0 saturated carbocycles. The Balaban J connectivity index is 2.35. The summed E-state index contributed by atoms with van der Waals surface area (Å²) in [7, 11) is 0. The number of aliphatic carboxylic acids is 1. The van der Waals surface area contributed by atoms with Crippen LogP contribution in [-0.4, -0.2) is 25.4 Å². The molecule has 1 aromatic carbocycles. The summed E-state index contributed by atoms with van der Waals surface area (Å²) in [4.78, 5) is 24.0. The first-order chi connectivity index (χ1) is 12.3. The van der Waals surface area contributed by atoms with Gasteiger partial charge in [0, 0.05) is 23.9 Å². The number of nitrogens with zero attached hydrogens (tertiary/aromatic N) is 3. The number of carbonyl (C=O) groups is 1. The molecule has 0 fully saturated rings. The van der Waals surface area contributed by atoms with Gasteiger partial charge in [-0.25, -0.2) is 4.68 Å². The normalized spacial score (nSPS) is 11.2. The van der Waals surface area contributed by atoms with Gasteiger partial charge in [-0.15, -0.1) is 0 Å². The van der Waals surface area contributed by atoms with Crippen LogP contribution in [0.2, 0.25) is 0 Å². The van der Waals surface area contributed by atoms with Gasteiger partial charge in [0.05, 0.1) is 11.4 Å². The van der Waals surface area contributed by atoms with E-state index in [9.17, 15) is 9.59 Å². The monoisotopic (exact) mass is 353 g/mol. The zero-order valence-electron chi connectivity index (χ0n) is 15.5. The Kier molecular flexibility index (Phi) is 4.68. The molecule has 0 unspecified atom stereocenters. The Morgan fingerprint density at radius 3 is 2.58 bits per heavy atom. The Morgan fingerprint density at radius 2 is 1.96 bits per heavy atom. The lowest BCUT2D eigenvalue weighted by molar-refractivity contribution is -0.136. The topological polar surface area (TPSA) is 77.1 Å². The number of hydrogen-bond acceptors (Lipinski definition) is 3. The third-order valence-electron chi connectivity index (χ3n) is 4.77. The van der Waals surface area contributed by atoms with E-state index in [1.807, 2.05) is 56.6 Å². The summed E-state index contributed by atoms with van der Waals surface area (Å²) in [5, 5.41) is 14.6. The van der Waals surface area contributed by atoms with Crippen molar-refractivity contribution < 1.29 is 9.90 Å². The number of hydrogen-bond donors (Lipinski definition) is 1. The van der Waals surface area contributed by atoms with E-state index in [2.05, 4.69) is 5.10 Å². The van der Waals surface area contributed by atoms with Crippen LogP contribution >= 0.6 is 0 Å². The van der Waals surface area contributed by atoms with Crippen LogP contribution in [0, 0.1) is 20.8 Å². The maximum absolute atomic E-state index is 13.0. The molecular weight excluding hydrogens is 330 g/mol. The minimum atomic E-state index is -0.904. The van der Waals surface area contributed by atoms with Crippen molar-refractivity contribution in [1.29, 1.82) is 0 Å². The van der Waals surface area contributed by atoms with E-state index in [0.29, 0.717) is 12.1 Å². The SMILES string of the molecule is CCn1c(=O)c(CCC(=O)O)c(C)c2c(C)nn(-c3cccc(C)c3)c21. The van der Waals surface area contributed by atoms with E-state index >= 15 is 0 Å². The molecule has 0 saturated heterocycles. The number of carboxylic acids is 1. The highest BCUT2D eigenvalue weighted by Crippen LogP contribution is 2.26. The summed E-state index contributed by atoms with van der Waals surface area (Å²) < 4.78 is 3.51. The number of fused-ring (bicyclic) bond motifs is 1. The maximum Gasteiger partial charge on any atom is 0.303 e. The van der Waals surface area contributed by atoms with E-state index in [0.717, 1.165) is 33.5 Å². The lowest BCUT2D eigenvalue weighted by Gasteiger charge is -2.14. The van der Waals surface area contributed by atoms with Gasteiger partial charge in [0.2, 0.25) is 0 Å². The molecule has 0 amide bonds. The average molecular weight is 353 g/mol. The molecule has 1 N–H and O–H groups in total. The van der Waals surface area contributed by atoms with Crippen LogP contribution in [0.25, 0.3) is 16.7 Å². The first kappa shape index (κ1) is 17.9. The molecule has 3 aromatic rings. The second kappa shape index (κ2) is 6.78. The number of rotatable bonds is 5. The van der Waals surface area contributed by atoms with Crippen LogP contribution < -0.4 is 5.56 Å². The van der Waals surface area contributed by atoms with Crippen molar-refractivity contribution in [3.8, 4) is 5.69 Å². The number of aryl methyl sites for hydroxylation is 4. The largest absolute Gasteiger partial charge is 0.481 e. The minimum absolute atomic E-state index is 0.0592. The summed E-state index contributed by atoms with van der Waals surface area (Å²) in [5.41, 5.74) is 4.87. The zero-order valence-corrected chi connectivity index (χ0v) is 15.5. The Morgan fingerprint density at radius 1 is 1.23 bits per heavy atom. The van der Waals surface area contributed by atoms with Crippen LogP contribution in [-0.2, 0) is 17.8 Å². The lowest BCUT2D eigenvalue weighted by Crippen LogP contribution is -2.26. The number of benzene rings is 1. The molecule has 0 aliphatic rings. The molecular formula is C20H23N3O3. The van der Waals surface area contributed by atoms with Crippen molar-refractivity contribution in [1.82, 2.24) is 14.3 Å². The summed E-state index contributed by atoms with van der Waals surface area (Å²) in [6.45, 7) is 8.24. The fourth-order valence-corrected chi connectivity index (χ4v) is 3.53. The molecule has 2 aromatic heterocycles. The molecule has 0 atom stereocenters. The first-order valence-electron chi connectivity index (χ1n) is 8.75. The number of pyridine rings is 1. The van der Waals surface area contributed by atoms with Gasteiger partial charge in [-0.3, -0.25) is 14.2 Å². The van der Waals surface area contributed by atoms with Crippen molar-refractivity contribution in [2.45, 2.75) is 47.1 Å². The quantitative estimate of drug-likeness (QED) is 0.764. The van der Waals surface area contributed by atoms with Gasteiger partial charge in [-0.2, -0.15) is 5.10 Å². The molecule has 6 heteroatoms. The smallest absolute Gasteiger partial charge is 0.303 e. The highest BCUT2D eigenvalue weighted by molar-refractivity contribution is 5.85. The van der Waals surface area contributed by atoms with Crippen molar-refractivity contribution >= 4 is 17.0 Å². The van der Waals surface area contributed by atoms with Gasteiger partial charge in [0.15, 0.2) is 0 Å². The Bertz CT molecular complexity index is 1060. The van der Waals surface area contributed by atoms with E-state index in [1.54, 1.807) is 4.57 Å². The lowest BCUT2D eigenvalue weighted by atomic mass is 10.0. The number of aromatic nitrogens is 3. The second-order valence-corrected chi connectivity index (χ2v) is 6.58. The van der Waals surface area contributed by atoms with Crippen LogP contribution in [0.15, 0.2) is 29.1 Å². The van der Waals surface area contributed by atoms with Gasteiger partial charge >= 0.3 is 5.97 Å². The molecule has 0 aliphatic heterocycles. The maximum atomic E-state index is 13.0. The van der Waals surface area contributed by atoms with Crippen LogP contribution in [0.5, 0.6) is 0 Å². The van der Waals surface area contributed by atoms with Gasteiger partial charge < -0.3 is 5.11 Å². The van der Waals surface area contributed by atoms with E-state index in [1.165, 1.54) is 0 Å². The molecule has 3 rings (SSSR count). The molecule has 0 bridgehead atoms. The summed E-state index contributed by atoms with van der Waals surface area (Å²) >= 11 is 0. The molecule has 0 spiro atoms. The van der Waals surface area contributed by atoms with Gasteiger partial charge in [-0.05, 0) is 57.4 Å². The Labute approximate surface area is 151 Å². The van der Waals surface area contributed by atoms with Gasteiger partial charge in [-0.1, -0.05) is 12.1 Å². The van der Waals surface area contributed by atoms with E-state index < -0.39 is 5.97 Å². The Hall–Kier alpha value is -2.89. The minimum Gasteiger partial charge on any atom is -0.481 e. The fourth-order valence-electron chi connectivity index (χ4n) is 3.53. The number of carboxylic acid groups (broad SMARTS) is 1. The highest BCUT2D eigenvalue weighted by atomic mass is 16.4. The van der Waals surface area contributed by atoms with Crippen LogP contribution in [0.4, 0.5) is 0 Å². The predicted octanol–water partition coefficient (Wildman–Crippen LogP) is 3.15. The molecule has 26 heavy (non-hydrogen) atoms. The third kappa shape index (κ3) is 2.92. The highest BCUT2D eigenvalue weighted by Gasteiger charge is 2.21. The standard InChI is InChI=1S/C20H23N3O3/c1-5-22-19-18(13(3)16(20(22)26)9-10-17(24)25)14(4)21-23(19)15-8-6-7-12(2)11-15/h6-8,11H,5,9-10H2,1-4H3,(H,24,25). The zero-order chi connectivity index (χ0) is 19.0. The second-order valence-electron chi connectivity index (χ2n) is 6.58. The van der Waals surface area contributed by atoms with Crippen molar-refractivity contribution in [2.24, 2.45) is 0 Å². The first-order valence-corrected chi connectivity index (χ1v) is 8.75. The molecule has 0 aliphatic carbocycles. The van der Waals surface area contributed by atoms with Crippen molar-refractivity contribution in [3.05, 3.63) is 57.0 Å².